The average Bonchev–Trinajstić information content (AvgIpc) is 2.41. The van der Waals surface area contributed by atoms with Crippen LogP contribution in [0.15, 0.2) is 12.1 Å². The minimum atomic E-state index is -1.12. The minimum absolute atomic E-state index is 0.0900. The van der Waals surface area contributed by atoms with E-state index in [2.05, 4.69) is 11.8 Å². The SMILES string of the molecule is COCOc1ccc(OC)c(OC)c1C#CC(C)(C)O. The third-order valence-electron chi connectivity index (χ3n) is 2.33. The highest BCUT2D eigenvalue weighted by atomic mass is 16.7. The van der Waals surface area contributed by atoms with Gasteiger partial charge in [0.25, 0.3) is 0 Å². The monoisotopic (exact) mass is 280 g/mol. The first kappa shape index (κ1) is 16.2. The largest absolute Gasteiger partial charge is 0.493 e. The van der Waals surface area contributed by atoms with Crippen molar-refractivity contribution in [3.05, 3.63) is 17.7 Å². The molecule has 0 heterocycles. The van der Waals surface area contributed by atoms with Crippen LogP contribution in [0.5, 0.6) is 17.2 Å². The standard InChI is InChI=1S/C15H20O5/c1-15(2,16)9-8-11-12(20-10-17-3)6-7-13(18-4)14(11)19-5/h6-7,16H,10H2,1-5H3. The van der Waals surface area contributed by atoms with E-state index in [9.17, 15) is 5.11 Å². The summed E-state index contributed by atoms with van der Waals surface area (Å²) < 4.78 is 20.9. The maximum Gasteiger partial charge on any atom is 0.188 e. The van der Waals surface area contributed by atoms with E-state index in [1.807, 2.05) is 0 Å². The molecule has 1 aromatic carbocycles. The summed E-state index contributed by atoms with van der Waals surface area (Å²) in [5, 5.41) is 9.72. The first-order valence-corrected chi connectivity index (χ1v) is 6.05. The van der Waals surface area contributed by atoms with Crippen LogP contribution in [-0.4, -0.2) is 38.8 Å². The first-order chi connectivity index (χ1) is 9.42. The van der Waals surface area contributed by atoms with E-state index in [1.165, 1.54) is 14.2 Å². The molecule has 1 rings (SSSR count). The maximum absolute atomic E-state index is 9.72. The molecular weight excluding hydrogens is 260 g/mol. The topological polar surface area (TPSA) is 57.2 Å². The molecule has 5 heteroatoms. The van der Waals surface area contributed by atoms with Crippen LogP contribution in [0.25, 0.3) is 0 Å². The lowest BCUT2D eigenvalue weighted by atomic mass is 10.1. The summed E-state index contributed by atoms with van der Waals surface area (Å²) in [6, 6.07) is 3.44. The Balaban J connectivity index is 3.34. The van der Waals surface area contributed by atoms with Crippen molar-refractivity contribution >= 4 is 0 Å². The molecular formula is C15H20O5. The van der Waals surface area contributed by atoms with Crippen LogP contribution in [-0.2, 0) is 4.74 Å². The summed E-state index contributed by atoms with van der Waals surface area (Å²) in [4.78, 5) is 0. The molecule has 0 bridgehead atoms. The molecule has 110 valence electrons. The molecule has 0 radical (unpaired) electrons. The first-order valence-electron chi connectivity index (χ1n) is 6.05. The van der Waals surface area contributed by atoms with Gasteiger partial charge in [0.1, 0.15) is 16.9 Å². The molecule has 5 nitrogen and oxygen atoms in total. The third kappa shape index (κ3) is 4.34. The van der Waals surface area contributed by atoms with Gasteiger partial charge in [0.15, 0.2) is 18.3 Å². The van der Waals surface area contributed by atoms with Gasteiger partial charge >= 0.3 is 0 Å². The third-order valence-corrected chi connectivity index (χ3v) is 2.33. The molecule has 0 unspecified atom stereocenters. The van der Waals surface area contributed by atoms with Crippen molar-refractivity contribution in [3.8, 4) is 29.1 Å². The second-order valence-corrected chi connectivity index (χ2v) is 4.53. The van der Waals surface area contributed by atoms with E-state index in [-0.39, 0.29) is 6.79 Å². The smallest absolute Gasteiger partial charge is 0.188 e. The van der Waals surface area contributed by atoms with Crippen molar-refractivity contribution in [1.29, 1.82) is 0 Å². The Morgan fingerprint density at radius 1 is 1.10 bits per heavy atom. The average molecular weight is 280 g/mol. The highest BCUT2D eigenvalue weighted by molar-refractivity contribution is 5.61. The number of rotatable bonds is 5. The molecule has 1 aromatic rings. The summed E-state index contributed by atoms with van der Waals surface area (Å²) in [5.41, 5.74) is -0.613. The molecule has 0 saturated carbocycles. The van der Waals surface area contributed by atoms with Gasteiger partial charge in [-0.2, -0.15) is 0 Å². The van der Waals surface area contributed by atoms with Crippen LogP contribution in [0.1, 0.15) is 19.4 Å². The summed E-state index contributed by atoms with van der Waals surface area (Å²) in [6.07, 6.45) is 0. The van der Waals surface area contributed by atoms with Gasteiger partial charge in [0.05, 0.1) is 14.2 Å². The lowest BCUT2D eigenvalue weighted by molar-refractivity contribution is 0.0507. The second-order valence-electron chi connectivity index (χ2n) is 4.53. The molecule has 0 aliphatic heterocycles. The molecule has 0 aliphatic carbocycles. The zero-order valence-electron chi connectivity index (χ0n) is 12.4. The zero-order chi connectivity index (χ0) is 15.2. The van der Waals surface area contributed by atoms with E-state index in [4.69, 9.17) is 18.9 Å². The fraction of sp³-hybridized carbons (Fsp3) is 0.467. The second kappa shape index (κ2) is 7.04. The van der Waals surface area contributed by atoms with Crippen molar-refractivity contribution in [2.24, 2.45) is 0 Å². The molecule has 0 fully saturated rings. The molecule has 1 N–H and O–H groups in total. The lowest BCUT2D eigenvalue weighted by Gasteiger charge is -2.14. The summed E-state index contributed by atoms with van der Waals surface area (Å²) in [5.74, 6) is 7.10. The zero-order valence-corrected chi connectivity index (χ0v) is 12.4. The van der Waals surface area contributed by atoms with Crippen molar-refractivity contribution < 1.29 is 24.1 Å². The van der Waals surface area contributed by atoms with Crippen molar-refractivity contribution in [2.75, 3.05) is 28.1 Å². The normalized spacial score (nSPS) is 10.5. The van der Waals surface area contributed by atoms with Gasteiger partial charge in [0, 0.05) is 7.11 Å². The Labute approximate surface area is 119 Å². The Hall–Kier alpha value is -1.90. The highest BCUT2D eigenvalue weighted by Gasteiger charge is 2.15. The molecule has 0 atom stereocenters. The highest BCUT2D eigenvalue weighted by Crippen LogP contribution is 2.36. The fourth-order valence-corrected chi connectivity index (χ4v) is 1.49. The van der Waals surface area contributed by atoms with Gasteiger partial charge in [-0.3, -0.25) is 0 Å². The Kier molecular flexibility index (Phi) is 5.68. The quantitative estimate of drug-likeness (QED) is 0.658. The van der Waals surface area contributed by atoms with Crippen LogP contribution in [0, 0.1) is 11.8 Å². The van der Waals surface area contributed by atoms with Gasteiger partial charge in [-0.25, -0.2) is 0 Å². The Bertz CT molecular complexity index is 505. The van der Waals surface area contributed by atoms with Gasteiger partial charge in [-0.05, 0) is 26.0 Å². The molecule has 0 aliphatic rings. The predicted molar refractivity (Wildman–Crippen MR) is 75.2 cm³/mol. The Morgan fingerprint density at radius 3 is 2.25 bits per heavy atom. The molecule has 0 spiro atoms. The van der Waals surface area contributed by atoms with Crippen LogP contribution < -0.4 is 14.2 Å². The van der Waals surface area contributed by atoms with Crippen molar-refractivity contribution in [3.63, 3.8) is 0 Å². The van der Waals surface area contributed by atoms with Gasteiger partial charge in [-0.15, -0.1) is 0 Å². The Morgan fingerprint density at radius 2 is 1.75 bits per heavy atom. The number of hydrogen-bond donors (Lipinski definition) is 1. The molecule has 0 saturated heterocycles. The lowest BCUT2D eigenvalue weighted by Crippen LogP contribution is -2.14. The van der Waals surface area contributed by atoms with Gasteiger partial charge in [-0.1, -0.05) is 11.8 Å². The molecule has 20 heavy (non-hydrogen) atoms. The summed E-state index contributed by atoms with van der Waals surface area (Å²) >= 11 is 0. The van der Waals surface area contributed by atoms with Crippen LogP contribution in [0.4, 0.5) is 0 Å². The molecule has 0 amide bonds. The van der Waals surface area contributed by atoms with Crippen LogP contribution in [0.3, 0.4) is 0 Å². The van der Waals surface area contributed by atoms with E-state index in [0.717, 1.165) is 0 Å². The van der Waals surface area contributed by atoms with Crippen molar-refractivity contribution in [2.45, 2.75) is 19.4 Å². The van der Waals surface area contributed by atoms with Gasteiger partial charge in [0.2, 0.25) is 0 Å². The molecule has 0 aromatic heterocycles. The van der Waals surface area contributed by atoms with Crippen LogP contribution in [0.2, 0.25) is 0 Å². The number of aliphatic hydroxyl groups is 1. The number of methoxy groups -OCH3 is 3. The van der Waals surface area contributed by atoms with E-state index in [1.54, 1.807) is 33.1 Å². The predicted octanol–water partition coefficient (Wildman–Crippen LogP) is 1.81. The van der Waals surface area contributed by atoms with Crippen LogP contribution >= 0.6 is 0 Å². The number of ether oxygens (including phenoxy) is 4. The van der Waals surface area contributed by atoms with Crippen molar-refractivity contribution in [1.82, 2.24) is 0 Å². The van der Waals surface area contributed by atoms with E-state index < -0.39 is 5.60 Å². The minimum Gasteiger partial charge on any atom is -0.493 e. The fourth-order valence-electron chi connectivity index (χ4n) is 1.49. The summed E-state index contributed by atoms with van der Waals surface area (Å²) in [7, 11) is 4.59. The van der Waals surface area contributed by atoms with Gasteiger partial charge < -0.3 is 24.1 Å². The number of benzene rings is 1. The summed E-state index contributed by atoms with van der Waals surface area (Å²) in [6.45, 7) is 3.29. The van der Waals surface area contributed by atoms with E-state index >= 15 is 0 Å². The number of hydrogen-bond acceptors (Lipinski definition) is 5. The maximum atomic E-state index is 9.72. The van der Waals surface area contributed by atoms with E-state index in [0.29, 0.717) is 22.8 Å².